The van der Waals surface area contributed by atoms with Crippen LogP contribution < -0.4 is 5.32 Å². The summed E-state index contributed by atoms with van der Waals surface area (Å²) in [5, 5.41) is 5.21. The van der Waals surface area contributed by atoms with Gasteiger partial charge in [-0.15, -0.1) is 0 Å². The number of anilines is 1. The second-order valence-electron chi connectivity index (χ2n) is 7.11. The van der Waals surface area contributed by atoms with Gasteiger partial charge < -0.3 is 5.32 Å². The van der Waals surface area contributed by atoms with Crippen molar-refractivity contribution in [3.05, 3.63) is 75.3 Å². The summed E-state index contributed by atoms with van der Waals surface area (Å²) in [5.74, 6) is 1.42. The second kappa shape index (κ2) is 6.13. The Kier molecular flexibility index (Phi) is 4.10. The van der Waals surface area contributed by atoms with Gasteiger partial charge in [0.15, 0.2) is 0 Å². The molecule has 0 aromatic heterocycles. The second-order valence-corrected chi connectivity index (χ2v) is 7.93. The number of rotatable bonds is 2. The molecule has 124 valence electrons. The molecule has 4 rings (SSSR count). The number of halogens is 2. The number of fused-ring (bicyclic) bond motifs is 3. The predicted molar refractivity (Wildman–Crippen MR) is 103 cm³/mol. The Labute approximate surface area is 153 Å². The summed E-state index contributed by atoms with van der Waals surface area (Å²) in [5.41, 5.74) is 5.02. The van der Waals surface area contributed by atoms with Crippen molar-refractivity contribution in [2.75, 3.05) is 5.32 Å². The molecule has 0 saturated heterocycles. The van der Waals surface area contributed by atoms with Crippen LogP contribution in [0.15, 0.2) is 48.6 Å². The lowest BCUT2D eigenvalue weighted by Crippen LogP contribution is -2.29. The van der Waals surface area contributed by atoms with Crippen molar-refractivity contribution >= 4 is 28.9 Å². The van der Waals surface area contributed by atoms with E-state index in [9.17, 15) is 0 Å². The predicted octanol–water partition coefficient (Wildman–Crippen LogP) is 6.94. The van der Waals surface area contributed by atoms with Crippen LogP contribution in [0.5, 0.6) is 0 Å². The van der Waals surface area contributed by atoms with E-state index in [1.165, 1.54) is 16.8 Å². The number of hydrogen-bond donors (Lipinski definition) is 1. The molecule has 1 N–H and O–H groups in total. The molecule has 24 heavy (non-hydrogen) atoms. The lowest BCUT2D eigenvalue weighted by Gasteiger charge is -2.38. The van der Waals surface area contributed by atoms with Crippen molar-refractivity contribution in [1.29, 1.82) is 0 Å². The maximum Gasteiger partial charge on any atom is 0.0583 e. The summed E-state index contributed by atoms with van der Waals surface area (Å²) in [4.78, 5) is 0. The van der Waals surface area contributed by atoms with Gasteiger partial charge in [-0.25, -0.2) is 0 Å². The molecule has 3 atom stereocenters. The van der Waals surface area contributed by atoms with E-state index in [0.717, 1.165) is 22.0 Å². The highest BCUT2D eigenvalue weighted by atomic mass is 35.5. The Morgan fingerprint density at radius 2 is 1.83 bits per heavy atom. The van der Waals surface area contributed by atoms with Crippen molar-refractivity contribution in [2.24, 2.45) is 5.92 Å². The van der Waals surface area contributed by atoms with Crippen LogP contribution in [0.3, 0.4) is 0 Å². The largest absolute Gasteiger partial charge is 0.378 e. The van der Waals surface area contributed by atoms with E-state index in [1.54, 1.807) is 0 Å². The molecule has 2 aromatic carbocycles. The maximum absolute atomic E-state index is 6.50. The number of nitrogens with one attached hydrogen (secondary N) is 1. The van der Waals surface area contributed by atoms with E-state index >= 15 is 0 Å². The molecule has 2 aliphatic rings. The molecule has 1 heterocycles. The van der Waals surface area contributed by atoms with E-state index in [1.807, 2.05) is 18.2 Å². The van der Waals surface area contributed by atoms with E-state index in [-0.39, 0.29) is 6.04 Å². The summed E-state index contributed by atoms with van der Waals surface area (Å²) in [6, 6.07) is 12.7. The Bertz CT molecular complexity index is 789. The van der Waals surface area contributed by atoms with Crippen LogP contribution in [-0.4, -0.2) is 0 Å². The molecule has 0 unspecified atom stereocenters. The van der Waals surface area contributed by atoms with Crippen LogP contribution >= 0.6 is 23.2 Å². The van der Waals surface area contributed by atoms with Crippen molar-refractivity contribution in [3.8, 4) is 0 Å². The Morgan fingerprint density at radius 1 is 1.08 bits per heavy atom. The fraction of sp³-hybridized carbons (Fsp3) is 0.333. The molecule has 0 bridgehead atoms. The zero-order valence-electron chi connectivity index (χ0n) is 13.9. The Balaban J connectivity index is 1.82. The van der Waals surface area contributed by atoms with Crippen LogP contribution in [0.2, 0.25) is 10.0 Å². The van der Waals surface area contributed by atoms with Crippen LogP contribution in [0.1, 0.15) is 54.8 Å². The van der Waals surface area contributed by atoms with Gasteiger partial charge in [-0.1, -0.05) is 67.4 Å². The minimum Gasteiger partial charge on any atom is -0.378 e. The fourth-order valence-electron chi connectivity index (χ4n) is 4.07. The average molecular weight is 358 g/mol. The van der Waals surface area contributed by atoms with Crippen LogP contribution in [0.4, 0.5) is 5.69 Å². The molecule has 0 fully saturated rings. The number of allylic oxidation sites excluding steroid dienone is 2. The van der Waals surface area contributed by atoms with Gasteiger partial charge in [0.05, 0.1) is 6.04 Å². The summed E-state index contributed by atoms with van der Waals surface area (Å²) in [7, 11) is 0. The van der Waals surface area contributed by atoms with E-state index in [0.29, 0.717) is 17.8 Å². The first-order valence-electron chi connectivity index (χ1n) is 8.57. The van der Waals surface area contributed by atoms with Gasteiger partial charge in [-0.05, 0) is 47.6 Å². The third kappa shape index (κ3) is 2.55. The Morgan fingerprint density at radius 3 is 2.54 bits per heavy atom. The maximum atomic E-state index is 6.50. The standard InChI is InChI=1S/C21H21Cl2N/c1-12(2)13-9-10-19-16(11-13)14-5-3-6-15(14)21(24-19)20-17(22)7-4-8-18(20)23/h3-5,7-12,14-15,21,24H,6H2,1-2H3/t14-,15+,21-/m1/s1. The van der Waals surface area contributed by atoms with Gasteiger partial charge in [0, 0.05) is 27.2 Å². The zero-order valence-corrected chi connectivity index (χ0v) is 15.4. The topological polar surface area (TPSA) is 12.0 Å². The first-order valence-corrected chi connectivity index (χ1v) is 9.33. The van der Waals surface area contributed by atoms with Gasteiger partial charge >= 0.3 is 0 Å². The lowest BCUT2D eigenvalue weighted by atomic mass is 9.76. The van der Waals surface area contributed by atoms with Crippen molar-refractivity contribution in [2.45, 2.75) is 38.1 Å². The van der Waals surface area contributed by atoms with E-state index < -0.39 is 0 Å². The molecule has 2 aromatic rings. The summed E-state index contributed by atoms with van der Waals surface area (Å²) < 4.78 is 0. The summed E-state index contributed by atoms with van der Waals surface area (Å²) in [6.45, 7) is 4.48. The highest BCUT2D eigenvalue weighted by Gasteiger charge is 2.39. The molecule has 0 saturated carbocycles. The Hall–Kier alpha value is -1.44. The smallest absolute Gasteiger partial charge is 0.0583 e. The van der Waals surface area contributed by atoms with Crippen molar-refractivity contribution in [1.82, 2.24) is 0 Å². The molecular weight excluding hydrogens is 337 g/mol. The number of benzene rings is 2. The third-order valence-corrected chi connectivity index (χ3v) is 6.02. The van der Waals surface area contributed by atoms with Crippen molar-refractivity contribution < 1.29 is 0 Å². The molecule has 1 aliphatic carbocycles. The van der Waals surface area contributed by atoms with Gasteiger partial charge in [0.25, 0.3) is 0 Å². The van der Waals surface area contributed by atoms with Crippen LogP contribution in [0.25, 0.3) is 0 Å². The minimum atomic E-state index is 0.142. The summed E-state index contributed by atoms with van der Waals surface area (Å²) >= 11 is 13.0. The minimum absolute atomic E-state index is 0.142. The monoisotopic (exact) mass is 357 g/mol. The normalized spacial score (nSPS) is 24.6. The first-order chi connectivity index (χ1) is 11.6. The van der Waals surface area contributed by atoms with Crippen molar-refractivity contribution in [3.63, 3.8) is 0 Å². The van der Waals surface area contributed by atoms with Crippen LogP contribution in [0, 0.1) is 5.92 Å². The molecular formula is C21H21Cl2N. The molecule has 0 spiro atoms. The average Bonchev–Trinajstić information content (AvgIpc) is 3.04. The highest BCUT2D eigenvalue weighted by Crippen LogP contribution is 2.52. The molecule has 0 radical (unpaired) electrons. The SMILES string of the molecule is CC(C)c1ccc2c(c1)[C@@H]1C=CC[C@@H]1[C@H](c1c(Cl)cccc1Cl)N2. The van der Waals surface area contributed by atoms with Gasteiger partial charge in [-0.2, -0.15) is 0 Å². The third-order valence-electron chi connectivity index (χ3n) is 5.36. The van der Waals surface area contributed by atoms with Gasteiger partial charge in [0.2, 0.25) is 0 Å². The first kappa shape index (κ1) is 16.1. The number of hydrogen-bond acceptors (Lipinski definition) is 1. The van der Waals surface area contributed by atoms with Gasteiger partial charge in [-0.3, -0.25) is 0 Å². The molecule has 1 nitrogen and oxygen atoms in total. The zero-order chi connectivity index (χ0) is 16.8. The molecule has 1 aliphatic heterocycles. The van der Waals surface area contributed by atoms with E-state index in [4.69, 9.17) is 23.2 Å². The van der Waals surface area contributed by atoms with Gasteiger partial charge in [0.1, 0.15) is 0 Å². The summed E-state index contributed by atoms with van der Waals surface area (Å²) in [6.07, 6.45) is 5.70. The van der Waals surface area contributed by atoms with E-state index in [2.05, 4.69) is 49.5 Å². The molecule has 0 amide bonds. The fourth-order valence-corrected chi connectivity index (χ4v) is 4.70. The highest BCUT2D eigenvalue weighted by molar-refractivity contribution is 6.36. The van der Waals surface area contributed by atoms with Crippen LogP contribution in [-0.2, 0) is 0 Å². The molecule has 3 heteroatoms. The quantitative estimate of drug-likeness (QED) is 0.573. The lowest BCUT2D eigenvalue weighted by molar-refractivity contribution is 0.425.